The molecule has 6 nitrogen and oxygen atoms in total. The number of aromatic amines is 1. The van der Waals surface area contributed by atoms with E-state index in [1.165, 1.54) is 14.2 Å². The molecule has 2 heterocycles. The van der Waals surface area contributed by atoms with Crippen molar-refractivity contribution < 1.29 is 19.4 Å². The van der Waals surface area contributed by atoms with Crippen molar-refractivity contribution in [1.29, 1.82) is 0 Å². The first kappa shape index (κ1) is 16.5. The summed E-state index contributed by atoms with van der Waals surface area (Å²) in [4.78, 5) is 15.7. The molecule has 26 heavy (non-hydrogen) atoms. The number of ether oxygens (including phenoxy) is 2. The molecule has 134 valence electrons. The number of methoxy groups -OCH3 is 2. The van der Waals surface area contributed by atoms with Crippen LogP contribution >= 0.6 is 0 Å². The van der Waals surface area contributed by atoms with E-state index in [4.69, 9.17) is 9.47 Å². The van der Waals surface area contributed by atoms with Crippen LogP contribution in [0.3, 0.4) is 0 Å². The number of rotatable bonds is 3. The second-order valence-electron chi connectivity index (χ2n) is 6.37. The van der Waals surface area contributed by atoms with Gasteiger partial charge in [0.2, 0.25) is 0 Å². The van der Waals surface area contributed by atoms with Crippen molar-refractivity contribution in [1.82, 2.24) is 10.3 Å². The summed E-state index contributed by atoms with van der Waals surface area (Å²) in [6.45, 7) is 0. The third-order valence-electron chi connectivity index (χ3n) is 4.93. The highest BCUT2D eigenvalue weighted by Crippen LogP contribution is 2.37. The third kappa shape index (κ3) is 2.59. The maximum atomic E-state index is 12.2. The SMILES string of the molecule is COC(=O)C1Cc2c([nH]c3ccccc23)C(c2ccc(O)c(OC)c2)N1. The van der Waals surface area contributed by atoms with Crippen LogP contribution in [0, 0.1) is 0 Å². The number of H-pyrrole nitrogens is 1. The fourth-order valence-corrected chi connectivity index (χ4v) is 3.67. The molecule has 0 saturated carbocycles. The highest BCUT2D eigenvalue weighted by atomic mass is 16.5. The van der Waals surface area contributed by atoms with E-state index in [0.717, 1.165) is 27.7 Å². The second kappa shape index (κ2) is 6.38. The van der Waals surface area contributed by atoms with Gasteiger partial charge in [-0.2, -0.15) is 0 Å². The van der Waals surface area contributed by atoms with Crippen LogP contribution < -0.4 is 10.1 Å². The standard InChI is InChI=1S/C20H20N2O4/c1-25-17-9-11(7-8-16(17)23)18-19-13(10-15(22-18)20(24)26-2)12-5-3-4-6-14(12)21-19/h3-9,15,18,21-23H,10H2,1-2H3. The van der Waals surface area contributed by atoms with E-state index >= 15 is 0 Å². The van der Waals surface area contributed by atoms with E-state index in [0.29, 0.717) is 12.2 Å². The number of nitrogens with one attached hydrogen (secondary N) is 2. The molecule has 0 aliphatic carbocycles. The molecule has 2 unspecified atom stereocenters. The molecule has 4 rings (SSSR count). The van der Waals surface area contributed by atoms with Gasteiger partial charge in [-0.05, 0) is 29.3 Å². The Morgan fingerprint density at radius 2 is 2.00 bits per heavy atom. The number of para-hydroxylation sites is 1. The van der Waals surface area contributed by atoms with Gasteiger partial charge in [-0.25, -0.2) is 0 Å². The van der Waals surface area contributed by atoms with E-state index in [1.54, 1.807) is 12.1 Å². The normalized spacial score (nSPS) is 19.2. The van der Waals surface area contributed by atoms with Crippen molar-refractivity contribution in [2.24, 2.45) is 0 Å². The molecule has 0 saturated heterocycles. The van der Waals surface area contributed by atoms with E-state index in [9.17, 15) is 9.90 Å². The van der Waals surface area contributed by atoms with Crippen LogP contribution in [0.4, 0.5) is 0 Å². The molecule has 0 spiro atoms. The number of esters is 1. The van der Waals surface area contributed by atoms with E-state index in [1.807, 2.05) is 24.3 Å². The van der Waals surface area contributed by atoms with Crippen LogP contribution in [-0.4, -0.2) is 36.3 Å². The third-order valence-corrected chi connectivity index (χ3v) is 4.93. The summed E-state index contributed by atoms with van der Waals surface area (Å²) in [7, 11) is 2.91. The number of benzene rings is 2. The monoisotopic (exact) mass is 352 g/mol. The molecule has 3 aromatic rings. The fraction of sp³-hybridized carbons (Fsp3) is 0.250. The summed E-state index contributed by atoms with van der Waals surface area (Å²) in [5, 5.41) is 14.4. The van der Waals surface area contributed by atoms with Crippen molar-refractivity contribution in [2.75, 3.05) is 14.2 Å². The highest BCUT2D eigenvalue weighted by Gasteiger charge is 2.34. The Kier molecular flexibility index (Phi) is 4.05. The number of carbonyl (C=O) groups is 1. The predicted molar refractivity (Wildman–Crippen MR) is 97.4 cm³/mol. The number of phenolic OH excluding ortho intramolecular Hbond substituents is 1. The summed E-state index contributed by atoms with van der Waals surface area (Å²) in [6.07, 6.45) is 0.553. The fourth-order valence-electron chi connectivity index (χ4n) is 3.67. The first-order valence-corrected chi connectivity index (χ1v) is 8.42. The Hall–Kier alpha value is -2.99. The zero-order valence-electron chi connectivity index (χ0n) is 14.6. The number of carbonyl (C=O) groups excluding carboxylic acids is 1. The molecule has 6 heteroatoms. The minimum atomic E-state index is -0.448. The van der Waals surface area contributed by atoms with Crippen LogP contribution in [0.2, 0.25) is 0 Å². The topological polar surface area (TPSA) is 83.6 Å². The van der Waals surface area contributed by atoms with Crippen LogP contribution in [0.25, 0.3) is 10.9 Å². The molecule has 0 amide bonds. The summed E-state index contributed by atoms with van der Waals surface area (Å²) in [5.74, 6) is 0.173. The Labute approximate surface area is 150 Å². The number of fused-ring (bicyclic) bond motifs is 3. The molecule has 0 fully saturated rings. The Morgan fingerprint density at radius 3 is 2.77 bits per heavy atom. The lowest BCUT2D eigenvalue weighted by Gasteiger charge is -2.30. The zero-order valence-corrected chi connectivity index (χ0v) is 14.6. The number of aromatic nitrogens is 1. The summed E-state index contributed by atoms with van der Waals surface area (Å²) < 4.78 is 10.2. The Bertz CT molecular complexity index is 979. The van der Waals surface area contributed by atoms with Gasteiger partial charge in [0.05, 0.1) is 20.3 Å². The zero-order chi connectivity index (χ0) is 18.3. The number of hydrogen-bond acceptors (Lipinski definition) is 5. The van der Waals surface area contributed by atoms with Crippen molar-refractivity contribution in [2.45, 2.75) is 18.5 Å². The summed E-state index contributed by atoms with van der Waals surface area (Å²) >= 11 is 0. The smallest absolute Gasteiger partial charge is 0.323 e. The van der Waals surface area contributed by atoms with Gasteiger partial charge in [0.25, 0.3) is 0 Å². The number of phenols is 1. The largest absolute Gasteiger partial charge is 0.504 e. The molecular weight excluding hydrogens is 332 g/mol. The molecule has 0 radical (unpaired) electrons. The molecule has 1 aromatic heterocycles. The molecule has 1 aliphatic rings. The number of hydrogen-bond donors (Lipinski definition) is 3. The molecule has 2 aromatic carbocycles. The molecule has 2 atom stereocenters. The second-order valence-corrected chi connectivity index (χ2v) is 6.37. The quantitative estimate of drug-likeness (QED) is 0.631. The van der Waals surface area contributed by atoms with Crippen molar-refractivity contribution in [3.05, 3.63) is 59.3 Å². The predicted octanol–water partition coefficient (Wildman–Crippen LogP) is 2.66. The Morgan fingerprint density at radius 1 is 1.19 bits per heavy atom. The molecule has 3 N–H and O–H groups in total. The summed E-state index contributed by atoms with van der Waals surface area (Å²) in [5.41, 5.74) is 4.03. The maximum Gasteiger partial charge on any atom is 0.323 e. The van der Waals surface area contributed by atoms with E-state index < -0.39 is 6.04 Å². The van der Waals surface area contributed by atoms with Crippen LogP contribution in [0.5, 0.6) is 11.5 Å². The first-order valence-electron chi connectivity index (χ1n) is 8.42. The maximum absolute atomic E-state index is 12.2. The van der Waals surface area contributed by atoms with Crippen LogP contribution in [0.1, 0.15) is 22.9 Å². The van der Waals surface area contributed by atoms with Crippen molar-refractivity contribution in [3.8, 4) is 11.5 Å². The van der Waals surface area contributed by atoms with Crippen molar-refractivity contribution in [3.63, 3.8) is 0 Å². The van der Waals surface area contributed by atoms with Gasteiger partial charge >= 0.3 is 5.97 Å². The van der Waals surface area contributed by atoms with E-state index in [-0.39, 0.29) is 17.8 Å². The average molecular weight is 352 g/mol. The minimum Gasteiger partial charge on any atom is -0.504 e. The Balaban J connectivity index is 1.87. The van der Waals surface area contributed by atoms with E-state index in [2.05, 4.69) is 16.4 Å². The first-order chi connectivity index (χ1) is 12.6. The van der Waals surface area contributed by atoms with Crippen LogP contribution in [0.15, 0.2) is 42.5 Å². The van der Waals surface area contributed by atoms with Crippen molar-refractivity contribution >= 4 is 16.9 Å². The average Bonchev–Trinajstić information content (AvgIpc) is 3.05. The van der Waals surface area contributed by atoms with Gasteiger partial charge in [-0.15, -0.1) is 0 Å². The molecule has 1 aliphatic heterocycles. The molecular formula is C20H20N2O4. The minimum absolute atomic E-state index is 0.0773. The van der Waals surface area contributed by atoms with Gasteiger partial charge in [0.1, 0.15) is 6.04 Å². The van der Waals surface area contributed by atoms with Gasteiger partial charge in [-0.1, -0.05) is 24.3 Å². The lowest BCUT2D eigenvalue weighted by Crippen LogP contribution is -2.45. The molecule has 0 bridgehead atoms. The van der Waals surface area contributed by atoms with Gasteiger partial charge < -0.3 is 19.6 Å². The summed E-state index contributed by atoms with van der Waals surface area (Å²) in [6, 6.07) is 12.6. The van der Waals surface area contributed by atoms with Gasteiger partial charge in [-0.3, -0.25) is 10.1 Å². The van der Waals surface area contributed by atoms with Crippen LogP contribution in [-0.2, 0) is 16.0 Å². The van der Waals surface area contributed by atoms with Gasteiger partial charge in [0, 0.05) is 23.0 Å². The highest BCUT2D eigenvalue weighted by molar-refractivity contribution is 5.87. The van der Waals surface area contributed by atoms with Gasteiger partial charge in [0.15, 0.2) is 11.5 Å². The number of aromatic hydroxyl groups is 1. The lowest BCUT2D eigenvalue weighted by molar-refractivity contribution is -0.143. The lowest BCUT2D eigenvalue weighted by atomic mass is 9.90.